The van der Waals surface area contributed by atoms with Crippen LogP contribution in [-0.4, -0.2) is 47.6 Å². The second kappa shape index (κ2) is 5.26. The zero-order valence-electron chi connectivity index (χ0n) is 10.9. The third-order valence-corrected chi connectivity index (χ3v) is 4.52. The highest BCUT2D eigenvalue weighted by Crippen LogP contribution is 2.35. The van der Waals surface area contributed by atoms with Crippen molar-refractivity contribution in [2.45, 2.75) is 45.1 Å². The van der Waals surface area contributed by atoms with Gasteiger partial charge < -0.3 is 15.3 Å². The maximum Gasteiger partial charge on any atom is 0.309 e. The van der Waals surface area contributed by atoms with Gasteiger partial charge in [-0.3, -0.25) is 9.59 Å². The van der Waals surface area contributed by atoms with Crippen molar-refractivity contribution in [3.8, 4) is 0 Å². The molecule has 1 atom stereocenters. The van der Waals surface area contributed by atoms with E-state index in [-0.39, 0.29) is 11.9 Å². The van der Waals surface area contributed by atoms with Gasteiger partial charge in [-0.25, -0.2) is 0 Å². The highest BCUT2D eigenvalue weighted by atomic mass is 16.4. The molecule has 0 aliphatic carbocycles. The van der Waals surface area contributed by atoms with Crippen molar-refractivity contribution < 1.29 is 14.7 Å². The third-order valence-electron chi connectivity index (χ3n) is 4.52. The molecular weight excluding hydrogens is 232 g/mol. The second-order valence-corrected chi connectivity index (χ2v) is 5.41. The number of amides is 1. The first-order chi connectivity index (χ1) is 8.59. The third kappa shape index (κ3) is 2.36. The van der Waals surface area contributed by atoms with Crippen LogP contribution in [0.25, 0.3) is 0 Å². The molecule has 18 heavy (non-hydrogen) atoms. The number of carboxylic acid groups (broad SMARTS) is 1. The number of carbonyl (C=O) groups excluding carboxylic acids is 1. The molecule has 2 aliphatic rings. The molecule has 2 saturated heterocycles. The lowest BCUT2D eigenvalue weighted by Crippen LogP contribution is -2.50. The molecule has 2 fully saturated rings. The van der Waals surface area contributed by atoms with Crippen LogP contribution in [0.1, 0.15) is 39.0 Å². The lowest BCUT2D eigenvalue weighted by atomic mass is 9.76. The number of likely N-dealkylation sites (tertiary alicyclic amines) is 1. The quantitative estimate of drug-likeness (QED) is 0.783. The number of nitrogens with zero attached hydrogens (tertiary/aromatic N) is 1. The minimum Gasteiger partial charge on any atom is -0.481 e. The molecular formula is C13H22N2O3. The molecule has 5 nitrogen and oxygen atoms in total. The van der Waals surface area contributed by atoms with Crippen molar-refractivity contribution in [2.24, 2.45) is 5.41 Å². The van der Waals surface area contributed by atoms with E-state index in [4.69, 9.17) is 0 Å². The Labute approximate surface area is 108 Å². The van der Waals surface area contributed by atoms with Gasteiger partial charge in [0.2, 0.25) is 5.91 Å². The molecule has 0 aromatic rings. The van der Waals surface area contributed by atoms with Gasteiger partial charge >= 0.3 is 5.97 Å². The molecule has 1 amide bonds. The van der Waals surface area contributed by atoms with Crippen molar-refractivity contribution in [3.63, 3.8) is 0 Å². The zero-order chi connectivity index (χ0) is 13.2. The molecule has 2 aliphatic heterocycles. The predicted molar refractivity (Wildman–Crippen MR) is 67.2 cm³/mol. The van der Waals surface area contributed by atoms with Gasteiger partial charge in [0.1, 0.15) is 0 Å². The van der Waals surface area contributed by atoms with E-state index in [9.17, 15) is 14.7 Å². The molecule has 0 saturated carbocycles. The van der Waals surface area contributed by atoms with E-state index in [2.05, 4.69) is 5.32 Å². The predicted octanol–water partition coefficient (Wildman–Crippen LogP) is 0.842. The number of piperidine rings is 1. The van der Waals surface area contributed by atoms with Crippen LogP contribution in [0, 0.1) is 5.41 Å². The number of rotatable bonds is 3. The van der Waals surface area contributed by atoms with Crippen molar-refractivity contribution in [3.05, 3.63) is 0 Å². The highest BCUT2D eigenvalue weighted by molar-refractivity contribution is 5.83. The Morgan fingerprint density at radius 3 is 2.50 bits per heavy atom. The summed E-state index contributed by atoms with van der Waals surface area (Å²) in [5.41, 5.74) is -0.611. The van der Waals surface area contributed by atoms with Gasteiger partial charge in [0.05, 0.1) is 11.5 Å². The average molecular weight is 254 g/mol. The Hall–Kier alpha value is -1.10. The maximum absolute atomic E-state index is 12.2. The number of aliphatic carboxylic acids is 1. The number of hydrogen-bond donors (Lipinski definition) is 2. The van der Waals surface area contributed by atoms with E-state index in [1.165, 1.54) is 0 Å². The van der Waals surface area contributed by atoms with E-state index in [1.807, 2.05) is 11.8 Å². The summed E-state index contributed by atoms with van der Waals surface area (Å²) in [6.07, 6.45) is 3.77. The minimum absolute atomic E-state index is 0.0380. The normalized spacial score (nSPS) is 27.2. The first kappa shape index (κ1) is 13.3. The van der Waals surface area contributed by atoms with Gasteiger partial charge in [-0.2, -0.15) is 0 Å². The second-order valence-electron chi connectivity index (χ2n) is 5.41. The van der Waals surface area contributed by atoms with Crippen molar-refractivity contribution in [2.75, 3.05) is 19.6 Å². The molecule has 102 valence electrons. The fraction of sp³-hybridized carbons (Fsp3) is 0.846. The summed E-state index contributed by atoms with van der Waals surface area (Å²) in [5, 5.41) is 12.5. The highest BCUT2D eigenvalue weighted by Gasteiger charge is 2.41. The first-order valence-electron chi connectivity index (χ1n) is 6.84. The van der Waals surface area contributed by atoms with E-state index >= 15 is 0 Å². The molecule has 0 spiro atoms. The van der Waals surface area contributed by atoms with E-state index in [0.29, 0.717) is 32.4 Å². The Kier molecular flexibility index (Phi) is 3.90. The molecule has 5 heteroatoms. The molecule has 0 aromatic carbocycles. The smallest absolute Gasteiger partial charge is 0.309 e. The summed E-state index contributed by atoms with van der Waals surface area (Å²) in [5.74, 6) is -0.557. The van der Waals surface area contributed by atoms with Gasteiger partial charge in [-0.15, -0.1) is 0 Å². The van der Waals surface area contributed by atoms with Crippen LogP contribution in [0.5, 0.6) is 0 Å². The summed E-state index contributed by atoms with van der Waals surface area (Å²) in [6.45, 7) is 4.00. The van der Waals surface area contributed by atoms with Crippen LogP contribution in [0.2, 0.25) is 0 Å². The lowest BCUT2D eigenvalue weighted by Gasteiger charge is -2.39. The van der Waals surface area contributed by atoms with Gasteiger partial charge in [0.25, 0.3) is 0 Å². The van der Waals surface area contributed by atoms with Gasteiger partial charge in [-0.05, 0) is 38.6 Å². The van der Waals surface area contributed by atoms with Crippen molar-refractivity contribution in [1.82, 2.24) is 10.2 Å². The standard InChI is InChI=1S/C13H22N2O3/c1-2-13(12(17)18)5-8-15(9-6-13)11(16)10-4-3-7-14-10/h10,14H,2-9H2,1H3,(H,17,18)/t10-/m0/s1. The van der Waals surface area contributed by atoms with Gasteiger partial charge in [0.15, 0.2) is 0 Å². The number of hydrogen-bond acceptors (Lipinski definition) is 3. The molecule has 2 rings (SSSR count). The zero-order valence-corrected chi connectivity index (χ0v) is 10.9. The molecule has 2 N–H and O–H groups in total. The lowest BCUT2D eigenvalue weighted by molar-refractivity contribution is -0.155. The molecule has 0 radical (unpaired) electrons. The Balaban J connectivity index is 1.93. The molecule has 2 heterocycles. The summed E-state index contributed by atoms with van der Waals surface area (Å²) in [7, 11) is 0. The van der Waals surface area contributed by atoms with Crippen LogP contribution in [0.3, 0.4) is 0 Å². The first-order valence-corrected chi connectivity index (χ1v) is 6.84. The number of carbonyl (C=O) groups is 2. The topological polar surface area (TPSA) is 69.6 Å². The largest absolute Gasteiger partial charge is 0.481 e. The van der Waals surface area contributed by atoms with E-state index in [1.54, 1.807) is 0 Å². The van der Waals surface area contributed by atoms with Crippen LogP contribution in [0.4, 0.5) is 0 Å². The molecule has 0 bridgehead atoms. The molecule has 0 aromatic heterocycles. The average Bonchev–Trinajstić information content (AvgIpc) is 2.91. The van der Waals surface area contributed by atoms with Crippen LogP contribution < -0.4 is 5.32 Å². The van der Waals surface area contributed by atoms with Gasteiger partial charge in [-0.1, -0.05) is 6.92 Å². The van der Waals surface area contributed by atoms with Crippen LogP contribution >= 0.6 is 0 Å². The summed E-state index contributed by atoms with van der Waals surface area (Å²) >= 11 is 0. The Morgan fingerprint density at radius 2 is 2.06 bits per heavy atom. The minimum atomic E-state index is -0.712. The number of carboxylic acids is 1. The van der Waals surface area contributed by atoms with Crippen molar-refractivity contribution in [1.29, 1.82) is 0 Å². The summed E-state index contributed by atoms with van der Waals surface area (Å²) in [4.78, 5) is 25.3. The van der Waals surface area contributed by atoms with E-state index in [0.717, 1.165) is 19.4 Å². The Morgan fingerprint density at radius 1 is 1.39 bits per heavy atom. The summed E-state index contributed by atoms with van der Waals surface area (Å²) in [6, 6.07) is -0.0380. The van der Waals surface area contributed by atoms with Crippen LogP contribution in [0.15, 0.2) is 0 Å². The number of nitrogens with one attached hydrogen (secondary N) is 1. The van der Waals surface area contributed by atoms with Crippen molar-refractivity contribution >= 4 is 11.9 Å². The molecule has 0 unspecified atom stereocenters. The fourth-order valence-corrected chi connectivity index (χ4v) is 2.99. The van der Waals surface area contributed by atoms with Gasteiger partial charge in [0, 0.05) is 13.1 Å². The van der Waals surface area contributed by atoms with E-state index < -0.39 is 11.4 Å². The monoisotopic (exact) mass is 254 g/mol. The summed E-state index contributed by atoms with van der Waals surface area (Å²) < 4.78 is 0. The fourth-order valence-electron chi connectivity index (χ4n) is 2.99. The Bertz CT molecular complexity index is 329. The van der Waals surface area contributed by atoms with Crippen LogP contribution in [-0.2, 0) is 9.59 Å². The SMILES string of the molecule is CCC1(C(=O)O)CCN(C(=O)[C@@H]2CCCN2)CC1. The maximum atomic E-state index is 12.2.